The fourth-order valence-electron chi connectivity index (χ4n) is 2.85. The molecule has 0 bridgehead atoms. The van der Waals surface area contributed by atoms with Crippen LogP contribution >= 0.6 is 0 Å². The molecule has 1 aromatic carbocycles. The summed E-state index contributed by atoms with van der Waals surface area (Å²) in [4.78, 5) is 14.5. The van der Waals surface area contributed by atoms with Crippen molar-refractivity contribution in [2.75, 3.05) is 39.4 Å². The molecule has 2 aliphatic rings. The second-order valence-electron chi connectivity index (χ2n) is 6.84. The normalized spacial score (nSPS) is 18.6. The molecule has 2 fully saturated rings. The second-order valence-corrected chi connectivity index (χ2v) is 8.56. The van der Waals surface area contributed by atoms with E-state index in [-0.39, 0.29) is 16.8 Å². The summed E-state index contributed by atoms with van der Waals surface area (Å²) < 4.78 is 32.2. The Morgan fingerprint density at radius 2 is 1.85 bits per heavy atom. The highest BCUT2D eigenvalue weighted by Gasteiger charge is 2.27. The van der Waals surface area contributed by atoms with Crippen LogP contribution < -0.4 is 10.0 Å². The van der Waals surface area contributed by atoms with Gasteiger partial charge in [0.05, 0.1) is 18.1 Å². The summed E-state index contributed by atoms with van der Waals surface area (Å²) in [5.41, 5.74) is 0.957. The number of nitrogens with one attached hydrogen (secondary N) is 2. The molecule has 8 heteroatoms. The fraction of sp³-hybridized carbons (Fsp3) is 0.611. The topological polar surface area (TPSA) is 87.7 Å². The SMILES string of the molecule is O=C(CCc1ccc(S(=O)(=O)NC2CC2)cc1)NCCN1CCOCC1. The number of carbonyl (C=O) groups excluding carboxylic acids is 1. The highest BCUT2D eigenvalue weighted by molar-refractivity contribution is 7.89. The number of nitrogens with zero attached hydrogens (tertiary/aromatic N) is 1. The molecule has 0 aromatic heterocycles. The van der Waals surface area contributed by atoms with Crippen molar-refractivity contribution < 1.29 is 17.9 Å². The molecule has 1 saturated carbocycles. The zero-order valence-electron chi connectivity index (χ0n) is 14.9. The summed E-state index contributed by atoms with van der Waals surface area (Å²) in [6, 6.07) is 6.87. The van der Waals surface area contributed by atoms with E-state index in [4.69, 9.17) is 4.74 Å². The maximum Gasteiger partial charge on any atom is 0.240 e. The van der Waals surface area contributed by atoms with Crippen LogP contribution in [0.15, 0.2) is 29.2 Å². The van der Waals surface area contributed by atoms with E-state index in [9.17, 15) is 13.2 Å². The number of morpholine rings is 1. The van der Waals surface area contributed by atoms with Crippen LogP contribution in [0.3, 0.4) is 0 Å². The van der Waals surface area contributed by atoms with Gasteiger partial charge in [0, 0.05) is 38.6 Å². The average Bonchev–Trinajstić information content (AvgIpc) is 3.44. The molecule has 0 atom stereocenters. The van der Waals surface area contributed by atoms with E-state index in [1.807, 2.05) is 0 Å². The summed E-state index contributed by atoms with van der Waals surface area (Å²) in [7, 11) is -3.41. The number of rotatable bonds is 9. The van der Waals surface area contributed by atoms with Crippen LogP contribution in [-0.2, 0) is 26.0 Å². The highest BCUT2D eigenvalue weighted by Crippen LogP contribution is 2.22. The number of hydrogen-bond acceptors (Lipinski definition) is 5. The largest absolute Gasteiger partial charge is 0.379 e. The third-order valence-corrected chi connectivity index (χ3v) is 6.16. The molecule has 1 heterocycles. The van der Waals surface area contributed by atoms with E-state index in [2.05, 4.69) is 14.9 Å². The van der Waals surface area contributed by atoms with Crippen molar-refractivity contribution in [3.05, 3.63) is 29.8 Å². The van der Waals surface area contributed by atoms with Gasteiger partial charge in [-0.25, -0.2) is 13.1 Å². The first-order valence-electron chi connectivity index (χ1n) is 9.21. The monoisotopic (exact) mass is 381 g/mol. The molecule has 3 rings (SSSR count). The molecule has 1 saturated heterocycles. The van der Waals surface area contributed by atoms with Crippen LogP contribution in [0.2, 0.25) is 0 Å². The van der Waals surface area contributed by atoms with Gasteiger partial charge in [-0.2, -0.15) is 0 Å². The van der Waals surface area contributed by atoms with Gasteiger partial charge in [0.2, 0.25) is 15.9 Å². The summed E-state index contributed by atoms with van der Waals surface area (Å²) in [5.74, 6) is 0.0188. The van der Waals surface area contributed by atoms with Gasteiger partial charge in [0.25, 0.3) is 0 Å². The smallest absolute Gasteiger partial charge is 0.240 e. The minimum Gasteiger partial charge on any atom is -0.379 e. The lowest BCUT2D eigenvalue weighted by Gasteiger charge is -2.26. The Bertz CT molecular complexity index is 696. The number of aryl methyl sites for hydroxylation is 1. The quantitative estimate of drug-likeness (QED) is 0.651. The Morgan fingerprint density at radius 3 is 2.50 bits per heavy atom. The number of hydrogen-bond donors (Lipinski definition) is 2. The molecule has 26 heavy (non-hydrogen) atoms. The molecule has 1 amide bonds. The molecule has 0 spiro atoms. The van der Waals surface area contributed by atoms with Crippen LogP contribution in [-0.4, -0.2) is 64.7 Å². The van der Waals surface area contributed by atoms with E-state index in [0.29, 0.717) is 19.4 Å². The minimum atomic E-state index is -3.41. The van der Waals surface area contributed by atoms with E-state index >= 15 is 0 Å². The first kappa shape index (κ1) is 19.3. The second kappa shape index (κ2) is 8.94. The van der Waals surface area contributed by atoms with E-state index in [1.54, 1.807) is 24.3 Å². The Morgan fingerprint density at radius 1 is 1.15 bits per heavy atom. The van der Waals surface area contributed by atoms with E-state index in [1.165, 1.54) is 0 Å². The number of amides is 1. The van der Waals surface area contributed by atoms with Crippen molar-refractivity contribution in [2.45, 2.75) is 36.6 Å². The third-order valence-electron chi connectivity index (χ3n) is 4.63. The lowest BCUT2D eigenvalue weighted by atomic mass is 10.1. The van der Waals surface area contributed by atoms with Crippen LogP contribution in [0.1, 0.15) is 24.8 Å². The molecule has 7 nitrogen and oxygen atoms in total. The molecule has 0 radical (unpaired) electrons. The molecule has 1 aliphatic carbocycles. The molecular weight excluding hydrogens is 354 g/mol. The van der Waals surface area contributed by atoms with Gasteiger partial charge in [-0.1, -0.05) is 12.1 Å². The summed E-state index contributed by atoms with van der Waals surface area (Å²) >= 11 is 0. The molecule has 2 N–H and O–H groups in total. The molecule has 1 aliphatic heterocycles. The van der Waals surface area contributed by atoms with Crippen molar-refractivity contribution in [2.24, 2.45) is 0 Å². The van der Waals surface area contributed by atoms with Gasteiger partial charge in [0.1, 0.15) is 0 Å². The third kappa shape index (κ3) is 6.05. The Kier molecular flexibility index (Phi) is 6.63. The summed E-state index contributed by atoms with van der Waals surface area (Å²) in [5, 5.41) is 2.94. The van der Waals surface area contributed by atoms with Gasteiger partial charge < -0.3 is 10.1 Å². The molecule has 0 unspecified atom stereocenters. The summed E-state index contributed by atoms with van der Waals surface area (Å²) in [6.45, 7) is 4.84. The standard InChI is InChI=1S/C18H27N3O4S/c22-18(19-9-10-21-11-13-25-14-12-21)8-3-15-1-6-17(7-2-15)26(23,24)20-16-4-5-16/h1-2,6-7,16,20H,3-5,8-14H2,(H,19,22). The van der Waals surface area contributed by atoms with Crippen LogP contribution in [0.25, 0.3) is 0 Å². The number of sulfonamides is 1. The number of carbonyl (C=O) groups is 1. The van der Waals surface area contributed by atoms with Gasteiger partial charge in [-0.15, -0.1) is 0 Å². The lowest BCUT2D eigenvalue weighted by molar-refractivity contribution is -0.121. The van der Waals surface area contributed by atoms with Gasteiger partial charge >= 0.3 is 0 Å². The molecule has 1 aromatic rings. The maximum absolute atomic E-state index is 12.1. The van der Waals surface area contributed by atoms with E-state index in [0.717, 1.165) is 51.3 Å². The highest BCUT2D eigenvalue weighted by atomic mass is 32.2. The van der Waals surface area contributed by atoms with Crippen LogP contribution in [0.5, 0.6) is 0 Å². The number of ether oxygens (including phenoxy) is 1. The zero-order valence-corrected chi connectivity index (χ0v) is 15.8. The summed E-state index contributed by atoms with van der Waals surface area (Å²) in [6.07, 6.45) is 2.82. The van der Waals surface area contributed by atoms with Crippen molar-refractivity contribution in [3.63, 3.8) is 0 Å². The van der Waals surface area contributed by atoms with Crippen LogP contribution in [0, 0.1) is 0 Å². The van der Waals surface area contributed by atoms with Crippen LogP contribution in [0.4, 0.5) is 0 Å². The van der Waals surface area contributed by atoms with Gasteiger partial charge in [0.15, 0.2) is 0 Å². The fourth-order valence-corrected chi connectivity index (χ4v) is 4.15. The lowest BCUT2D eigenvalue weighted by Crippen LogP contribution is -2.41. The molecular formula is C18H27N3O4S. The predicted molar refractivity (Wildman–Crippen MR) is 98.4 cm³/mol. The zero-order chi connectivity index (χ0) is 18.4. The Labute approximate surface area is 155 Å². The number of benzene rings is 1. The first-order chi connectivity index (χ1) is 12.5. The van der Waals surface area contributed by atoms with Gasteiger partial charge in [-0.3, -0.25) is 9.69 Å². The van der Waals surface area contributed by atoms with Gasteiger partial charge in [-0.05, 0) is 37.0 Å². The first-order valence-corrected chi connectivity index (χ1v) is 10.7. The Balaban J connectivity index is 1.37. The van der Waals surface area contributed by atoms with Crippen molar-refractivity contribution in [1.29, 1.82) is 0 Å². The predicted octanol–water partition coefficient (Wildman–Crippen LogP) is 0.508. The van der Waals surface area contributed by atoms with Crippen molar-refractivity contribution in [1.82, 2.24) is 14.9 Å². The maximum atomic E-state index is 12.1. The van der Waals surface area contributed by atoms with E-state index < -0.39 is 10.0 Å². The van der Waals surface area contributed by atoms with Crippen molar-refractivity contribution in [3.8, 4) is 0 Å². The van der Waals surface area contributed by atoms with Crippen molar-refractivity contribution >= 4 is 15.9 Å². The molecule has 144 valence electrons. The minimum absolute atomic E-state index is 0.0188. The Hall–Kier alpha value is -1.48. The average molecular weight is 381 g/mol.